The molecule has 0 bridgehead atoms. The average molecular weight is 242 g/mol. The van der Waals surface area contributed by atoms with Gasteiger partial charge in [-0.05, 0) is 78.6 Å². The van der Waals surface area contributed by atoms with E-state index >= 15 is 0 Å². The number of hydrogen-bond acceptors (Lipinski definition) is 3. The Labute approximate surface area is 107 Å². The molecular weight excluding hydrogens is 212 g/mol. The zero-order valence-electron chi connectivity index (χ0n) is 11.8. The fraction of sp³-hybridized carbons (Fsp3) is 1.00. The predicted molar refractivity (Wildman–Crippen MR) is 73.2 cm³/mol. The number of nitrogens with one attached hydrogen (secondary N) is 1. The zero-order chi connectivity index (χ0) is 12.7. The number of rotatable bonds is 6. The number of likely N-dealkylation sites (tertiary alicyclic amines) is 1. The molecule has 0 saturated carbocycles. The van der Waals surface area contributed by atoms with Gasteiger partial charge < -0.3 is 15.3 Å². The van der Waals surface area contributed by atoms with Crippen LogP contribution >= 0.6 is 0 Å². The van der Waals surface area contributed by atoms with E-state index in [0.717, 1.165) is 25.3 Å². The summed E-state index contributed by atoms with van der Waals surface area (Å²) in [7, 11) is 0. The highest BCUT2D eigenvalue weighted by atomic mass is 16.2. The monoisotopic (exact) mass is 242 g/mol. The van der Waals surface area contributed by atoms with E-state index in [2.05, 4.69) is 31.0 Å². The van der Waals surface area contributed by atoms with Crippen molar-refractivity contribution in [2.45, 2.75) is 52.0 Å². The summed E-state index contributed by atoms with van der Waals surface area (Å²) in [4.78, 5) is 2.54. The Balaban J connectivity index is 2.09. The smallest absolute Gasteiger partial charge is 0.0431 e. The molecule has 1 aliphatic heterocycles. The van der Waals surface area contributed by atoms with Crippen LogP contribution in [0.3, 0.4) is 0 Å². The molecule has 17 heavy (non-hydrogen) atoms. The first-order valence-corrected chi connectivity index (χ1v) is 7.09. The Hall–Kier alpha value is -0.120. The number of aliphatic hydroxyl groups excluding tert-OH is 1. The van der Waals surface area contributed by atoms with Crippen LogP contribution in [0.4, 0.5) is 0 Å². The van der Waals surface area contributed by atoms with Crippen molar-refractivity contribution in [3.05, 3.63) is 0 Å². The SMILES string of the molecule is CC(C)(C)NCC1CCN(CCCCO)CC1. The lowest BCUT2D eigenvalue weighted by atomic mass is 9.95. The Morgan fingerprint density at radius 1 is 1.18 bits per heavy atom. The maximum absolute atomic E-state index is 8.76. The molecular formula is C14H30N2O. The summed E-state index contributed by atoms with van der Waals surface area (Å²) in [6, 6.07) is 0. The molecule has 0 aromatic heterocycles. The second-order valence-corrected chi connectivity index (χ2v) is 6.35. The number of unbranched alkanes of at least 4 members (excludes halogenated alkanes) is 1. The normalized spacial score (nSPS) is 19.8. The summed E-state index contributed by atoms with van der Waals surface area (Å²) in [5, 5.41) is 12.4. The van der Waals surface area contributed by atoms with Crippen LogP contribution in [0.25, 0.3) is 0 Å². The highest BCUT2D eigenvalue weighted by Gasteiger charge is 2.20. The Morgan fingerprint density at radius 2 is 1.82 bits per heavy atom. The molecule has 2 N–H and O–H groups in total. The van der Waals surface area contributed by atoms with Crippen LogP contribution in [0, 0.1) is 5.92 Å². The maximum Gasteiger partial charge on any atom is 0.0431 e. The first-order valence-electron chi connectivity index (χ1n) is 7.09. The Morgan fingerprint density at radius 3 is 2.35 bits per heavy atom. The third kappa shape index (κ3) is 7.02. The first-order chi connectivity index (χ1) is 8.01. The number of nitrogens with zero attached hydrogens (tertiary/aromatic N) is 1. The molecule has 0 aliphatic carbocycles. The summed E-state index contributed by atoms with van der Waals surface area (Å²) < 4.78 is 0. The van der Waals surface area contributed by atoms with Crippen LogP contribution in [-0.4, -0.2) is 48.3 Å². The summed E-state index contributed by atoms with van der Waals surface area (Å²) in [6.45, 7) is 11.8. The van der Waals surface area contributed by atoms with Crippen LogP contribution in [0.1, 0.15) is 46.5 Å². The van der Waals surface area contributed by atoms with Gasteiger partial charge in [0.2, 0.25) is 0 Å². The molecule has 1 saturated heterocycles. The molecule has 1 fully saturated rings. The fourth-order valence-corrected chi connectivity index (χ4v) is 2.31. The van der Waals surface area contributed by atoms with Crippen molar-refractivity contribution in [1.29, 1.82) is 0 Å². The third-order valence-electron chi connectivity index (χ3n) is 3.51. The van der Waals surface area contributed by atoms with Crippen molar-refractivity contribution in [3.63, 3.8) is 0 Å². The van der Waals surface area contributed by atoms with Gasteiger partial charge >= 0.3 is 0 Å². The van der Waals surface area contributed by atoms with Gasteiger partial charge in [-0.1, -0.05) is 0 Å². The molecule has 3 heteroatoms. The predicted octanol–water partition coefficient (Wildman–Crippen LogP) is 1.86. The molecule has 3 nitrogen and oxygen atoms in total. The Bertz CT molecular complexity index is 193. The third-order valence-corrected chi connectivity index (χ3v) is 3.51. The first kappa shape index (κ1) is 14.9. The standard InChI is InChI=1S/C14H30N2O/c1-14(2,3)15-12-13-6-9-16(10-7-13)8-4-5-11-17/h13,15,17H,4-12H2,1-3H3. The van der Waals surface area contributed by atoms with Gasteiger partial charge in [0.15, 0.2) is 0 Å². The van der Waals surface area contributed by atoms with Crippen molar-refractivity contribution < 1.29 is 5.11 Å². The maximum atomic E-state index is 8.76. The summed E-state index contributed by atoms with van der Waals surface area (Å²) in [5.41, 5.74) is 0.248. The molecule has 1 heterocycles. The van der Waals surface area contributed by atoms with Crippen LogP contribution in [0.5, 0.6) is 0 Å². The zero-order valence-corrected chi connectivity index (χ0v) is 11.8. The van der Waals surface area contributed by atoms with Crippen LogP contribution < -0.4 is 5.32 Å². The number of hydrogen-bond donors (Lipinski definition) is 2. The molecule has 1 rings (SSSR count). The van der Waals surface area contributed by atoms with Gasteiger partial charge in [0.05, 0.1) is 0 Å². The van der Waals surface area contributed by atoms with Gasteiger partial charge in [-0.25, -0.2) is 0 Å². The van der Waals surface area contributed by atoms with Crippen LogP contribution in [0.15, 0.2) is 0 Å². The lowest BCUT2D eigenvalue weighted by Gasteiger charge is -2.33. The van der Waals surface area contributed by atoms with E-state index in [1.165, 1.54) is 32.5 Å². The Kier molecular flexibility index (Phi) is 6.45. The van der Waals surface area contributed by atoms with Crippen LogP contribution in [-0.2, 0) is 0 Å². The van der Waals surface area contributed by atoms with Crippen molar-refractivity contribution in [3.8, 4) is 0 Å². The summed E-state index contributed by atoms with van der Waals surface area (Å²) >= 11 is 0. The minimum Gasteiger partial charge on any atom is -0.396 e. The molecule has 0 aromatic rings. The van der Waals surface area contributed by atoms with E-state index in [-0.39, 0.29) is 5.54 Å². The van der Waals surface area contributed by atoms with Crippen molar-refractivity contribution >= 4 is 0 Å². The van der Waals surface area contributed by atoms with Crippen molar-refractivity contribution in [1.82, 2.24) is 10.2 Å². The molecule has 1 aliphatic rings. The van der Waals surface area contributed by atoms with Gasteiger partial charge in [-0.3, -0.25) is 0 Å². The molecule has 0 amide bonds. The molecule has 0 unspecified atom stereocenters. The van der Waals surface area contributed by atoms with E-state index < -0.39 is 0 Å². The topological polar surface area (TPSA) is 35.5 Å². The minimum absolute atomic E-state index is 0.248. The van der Waals surface area contributed by atoms with Gasteiger partial charge in [-0.2, -0.15) is 0 Å². The van der Waals surface area contributed by atoms with E-state index in [1.54, 1.807) is 0 Å². The molecule has 0 aromatic carbocycles. The van der Waals surface area contributed by atoms with E-state index in [9.17, 15) is 0 Å². The number of aliphatic hydroxyl groups is 1. The molecule has 0 atom stereocenters. The fourth-order valence-electron chi connectivity index (χ4n) is 2.31. The van der Waals surface area contributed by atoms with Crippen LogP contribution in [0.2, 0.25) is 0 Å². The summed E-state index contributed by atoms with van der Waals surface area (Å²) in [5.74, 6) is 0.850. The minimum atomic E-state index is 0.248. The van der Waals surface area contributed by atoms with Gasteiger partial charge in [0, 0.05) is 12.1 Å². The molecule has 102 valence electrons. The van der Waals surface area contributed by atoms with Gasteiger partial charge in [0.25, 0.3) is 0 Å². The lowest BCUT2D eigenvalue weighted by Crippen LogP contribution is -2.43. The second-order valence-electron chi connectivity index (χ2n) is 6.35. The average Bonchev–Trinajstić information content (AvgIpc) is 2.27. The lowest BCUT2D eigenvalue weighted by molar-refractivity contribution is 0.169. The number of piperidine rings is 1. The van der Waals surface area contributed by atoms with Gasteiger partial charge in [0.1, 0.15) is 0 Å². The molecule has 0 radical (unpaired) electrons. The molecule has 0 spiro atoms. The van der Waals surface area contributed by atoms with E-state index in [4.69, 9.17) is 5.11 Å². The van der Waals surface area contributed by atoms with Gasteiger partial charge in [-0.15, -0.1) is 0 Å². The van der Waals surface area contributed by atoms with E-state index in [0.29, 0.717) is 6.61 Å². The second kappa shape index (κ2) is 7.34. The highest BCUT2D eigenvalue weighted by molar-refractivity contribution is 4.77. The summed E-state index contributed by atoms with van der Waals surface area (Å²) in [6.07, 6.45) is 4.73. The van der Waals surface area contributed by atoms with Crippen molar-refractivity contribution in [2.75, 3.05) is 32.8 Å². The van der Waals surface area contributed by atoms with E-state index in [1.807, 2.05) is 0 Å². The van der Waals surface area contributed by atoms with Crippen molar-refractivity contribution in [2.24, 2.45) is 5.92 Å². The largest absolute Gasteiger partial charge is 0.396 e. The quantitative estimate of drug-likeness (QED) is 0.698. The highest BCUT2D eigenvalue weighted by Crippen LogP contribution is 2.17.